The topological polar surface area (TPSA) is 94.1 Å². The van der Waals surface area contributed by atoms with Gasteiger partial charge in [0.05, 0.1) is 13.7 Å². The van der Waals surface area contributed by atoms with E-state index in [1.807, 2.05) is 6.07 Å². The lowest BCUT2D eigenvalue weighted by atomic mass is 9.79. The van der Waals surface area contributed by atoms with Crippen molar-refractivity contribution in [1.82, 2.24) is 5.32 Å². The fourth-order valence-corrected chi connectivity index (χ4v) is 4.32. The first kappa shape index (κ1) is 25.0. The average Bonchev–Trinajstić information content (AvgIpc) is 2.72. The number of unbranched alkanes of at least 4 members (excludes halogenated alkanes) is 2. The third-order valence-electron chi connectivity index (χ3n) is 5.85. The number of carbonyl (C=O) groups excluding carboxylic acids is 2. The number of hydrogen-bond acceptors (Lipinski definition) is 7. The third-order valence-corrected chi connectivity index (χ3v) is 5.85. The molecule has 0 radical (unpaired) electrons. The van der Waals surface area contributed by atoms with Crippen LogP contribution in [0.4, 0.5) is 0 Å². The van der Waals surface area contributed by atoms with Crippen molar-refractivity contribution < 1.29 is 28.9 Å². The van der Waals surface area contributed by atoms with Gasteiger partial charge in [0, 0.05) is 19.3 Å². The summed E-state index contributed by atoms with van der Waals surface area (Å²) in [6.07, 6.45) is 6.09. The molecular formula is C24H37NO6. The maximum Gasteiger partial charge on any atom is 0.320 e. The monoisotopic (exact) mass is 435 g/mol. The summed E-state index contributed by atoms with van der Waals surface area (Å²) in [5, 5.41) is 12.9. The van der Waals surface area contributed by atoms with Gasteiger partial charge in [0.15, 0.2) is 11.5 Å². The highest BCUT2D eigenvalue weighted by Gasteiger charge is 2.32. The highest BCUT2D eigenvalue weighted by atomic mass is 16.6. The Balaban J connectivity index is 2.19. The van der Waals surface area contributed by atoms with Crippen molar-refractivity contribution in [3.63, 3.8) is 0 Å². The van der Waals surface area contributed by atoms with Crippen LogP contribution in [0.3, 0.4) is 0 Å². The second kappa shape index (κ2) is 12.5. The lowest BCUT2D eigenvalue weighted by molar-refractivity contribution is -0.157. The number of likely N-dealkylation sites (N-methyl/N-ethyl adjacent to an activating group) is 1. The molecule has 0 amide bonds. The van der Waals surface area contributed by atoms with E-state index < -0.39 is 0 Å². The summed E-state index contributed by atoms with van der Waals surface area (Å²) >= 11 is 0. The molecule has 0 aliphatic heterocycles. The van der Waals surface area contributed by atoms with Crippen LogP contribution in [-0.4, -0.2) is 50.0 Å². The first-order valence-corrected chi connectivity index (χ1v) is 11.3. The molecule has 7 nitrogen and oxygen atoms in total. The molecule has 0 aromatic heterocycles. The van der Waals surface area contributed by atoms with Crippen LogP contribution in [0.15, 0.2) is 12.1 Å². The molecule has 7 heteroatoms. The molecule has 0 heterocycles. The summed E-state index contributed by atoms with van der Waals surface area (Å²) in [4.78, 5) is 24.0. The number of benzene rings is 1. The Labute approximate surface area is 185 Å². The van der Waals surface area contributed by atoms with E-state index >= 15 is 0 Å². The zero-order valence-corrected chi connectivity index (χ0v) is 19.2. The second-order valence-corrected chi connectivity index (χ2v) is 8.32. The maximum absolute atomic E-state index is 12.3. The van der Waals surface area contributed by atoms with E-state index in [1.54, 1.807) is 13.1 Å². The Bertz CT molecular complexity index is 735. The molecule has 174 valence electrons. The molecule has 0 spiro atoms. The van der Waals surface area contributed by atoms with E-state index in [4.69, 9.17) is 14.2 Å². The van der Waals surface area contributed by atoms with Gasteiger partial charge in [-0.3, -0.25) is 9.59 Å². The summed E-state index contributed by atoms with van der Waals surface area (Å²) in [7, 11) is 3.24. The average molecular weight is 436 g/mol. The van der Waals surface area contributed by atoms with Crippen LogP contribution >= 0.6 is 0 Å². The minimum absolute atomic E-state index is 0.104. The normalized spacial score (nSPS) is 17.4. The van der Waals surface area contributed by atoms with Crippen molar-refractivity contribution in [1.29, 1.82) is 0 Å². The van der Waals surface area contributed by atoms with E-state index in [0.717, 1.165) is 49.7 Å². The van der Waals surface area contributed by atoms with Gasteiger partial charge in [0.25, 0.3) is 0 Å². The highest BCUT2D eigenvalue weighted by molar-refractivity contribution is 5.71. The quantitative estimate of drug-likeness (QED) is 0.383. The SMILES string of the molecule is CCCCC[C@H](C[C@@H](OC(=O)CNC)[C@H]1CCc2cc(O)c(OC)cc2C1)OC(C)=O. The van der Waals surface area contributed by atoms with Crippen molar-refractivity contribution in [2.75, 3.05) is 20.7 Å². The summed E-state index contributed by atoms with van der Waals surface area (Å²) in [6.45, 7) is 3.69. The summed E-state index contributed by atoms with van der Waals surface area (Å²) in [6, 6.07) is 3.63. The number of hydrogen-bond donors (Lipinski definition) is 2. The van der Waals surface area contributed by atoms with E-state index in [2.05, 4.69) is 12.2 Å². The number of phenols is 1. The molecule has 0 bridgehead atoms. The fraction of sp³-hybridized carbons (Fsp3) is 0.667. The van der Waals surface area contributed by atoms with Gasteiger partial charge < -0.3 is 24.6 Å². The van der Waals surface area contributed by atoms with Gasteiger partial charge in [-0.2, -0.15) is 0 Å². The molecule has 1 aliphatic rings. The first-order chi connectivity index (χ1) is 14.9. The van der Waals surface area contributed by atoms with Gasteiger partial charge in [-0.1, -0.05) is 19.8 Å². The van der Waals surface area contributed by atoms with E-state index in [9.17, 15) is 14.7 Å². The fourth-order valence-electron chi connectivity index (χ4n) is 4.32. The molecule has 2 N–H and O–H groups in total. The number of phenolic OH excluding ortho intramolecular Hbond substituents is 1. The number of aromatic hydroxyl groups is 1. The van der Waals surface area contributed by atoms with E-state index in [-0.39, 0.29) is 42.4 Å². The van der Waals surface area contributed by atoms with Crippen LogP contribution in [0.1, 0.15) is 63.5 Å². The van der Waals surface area contributed by atoms with Crippen molar-refractivity contribution in [2.45, 2.75) is 77.4 Å². The number of rotatable bonds is 12. The maximum atomic E-state index is 12.3. The largest absolute Gasteiger partial charge is 0.504 e. The Kier molecular flexibility index (Phi) is 10.1. The van der Waals surface area contributed by atoms with Gasteiger partial charge in [0.2, 0.25) is 0 Å². The molecule has 1 aliphatic carbocycles. The number of ether oxygens (including phenoxy) is 3. The van der Waals surface area contributed by atoms with Gasteiger partial charge in [-0.25, -0.2) is 0 Å². The molecular weight excluding hydrogens is 398 g/mol. The summed E-state index contributed by atoms with van der Waals surface area (Å²) < 4.78 is 16.7. The van der Waals surface area contributed by atoms with Crippen LogP contribution in [-0.2, 0) is 31.9 Å². The Morgan fingerprint density at radius 3 is 2.65 bits per heavy atom. The number of nitrogens with one attached hydrogen (secondary N) is 1. The predicted octanol–water partition coefficient (Wildman–Crippen LogP) is 3.54. The van der Waals surface area contributed by atoms with Gasteiger partial charge in [-0.15, -0.1) is 0 Å². The zero-order chi connectivity index (χ0) is 22.8. The van der Waals surface area contributed by atoms with Gasteiger partial charge in [-0.05, 0) is 62.4 Å². The van der Waals surface area contributed by atoms with Crippen LogP contribution in [0, 0.1) is 5.92 Å². The molecule has 0 saturated heterocycles. The highest BCUT2D eigenvalue weighted by Crippen LogP contribution is 2.37. The lowest BCUT2D eigenvalue weighted by Gasteiger charge is -2.33. The summed E-state index contributed by atoms with van der Waals surface area (Å²) in [5.74, 6) is 0.0718. The van der Waals surface area contributed by atoms with Crippen LogP contribution in [0.25, 0.3) is 0 Å². The predicted molar refractivity (Wildman–Crippen MR) is 118 cm³/mol. The molecule has 3 atom stereocenters. The number of methoxy groups -OCH3 is 1. The Morgan fingerprint density at radius 2 is 2.00 bits per heavy atom. The van der Waals surface area contributed by atoms with Crippen LogP contribution in [0.5, 0.6) is 11.5 Å². The van der Waals surface area contributed by atoms with Crippen LogP contribution < -0.4 is 10.1 Å². The Hall–Kier alpha value is -2.28. The minimum Gasteiger partial charge on any atom is -0.504 e. The Morgan fingerprint density at radius 1 is 1.23 bits per heavy atom. The van der Waals surface area contributed by atoms with Gasteiger partial charge >= 0.3 is 11.9 Å². The van der Waals surface area contributed by atoms with Crippen molar-refractivity contribution in [3.8, 4) is 11.5 Å². The van der Waals surface area contributed by atoms with Crippen molar-refractivity contribution >= 4 is 11.9 Å². The second-order valence-electron chi connectivity index (χ2n) is 8.32. The smallest absolute Gasteiger partial charge is 0.320 e. The number of fused-ring (bicyclic) bond motifs is 1. The standard InChI is InChI=1S/C24H37NO6/c1-5-6-7-8-20(30-16(2)26)14-22(31-24(28)15-25-3)18-10-9-17-12-21(27)23(29-4)13-19(17)11-18/h12-13,18,20,22,25,27H,5-11,14-15H2,1-4H3/t18-,20+,22+/m0/s1. The van der Waals surface area contributed by atoms with Gasteiger partial charge in [0.1, 0.15) is 12.2 Å². The molecule has 0 saturated carbocycles. The third kappa shape index (κ3) is 7.73. The van der Waals surface area contributed by atoms with E-state index in [0.29, 0.717) is 18.6 Å². The zero-order valence-electron chi connectivity index (χ0n) is 19.2. The number of carbonyl (C=O) groups is 2. The molecule has 2 rings (SSSR count). The minimum atomic E-state index is -0.347. The van der Waals surface area contributed by atoms with Crippen molar-refractivity contribution in [2.24, 2.45) is 5.92 Å². The first-order valence-electron chi connectivity index (χ1n) is 11.3. The summed E-state index contributed by atoms with van der Waals surface area (Å²) in [5.41, 5.74) is 2.19. The number of esters is 2. The van der Waals surface area contributed by atoms with E-state index in [1.165, 1.54) is 14.0 Å². The molecule has 0 fully saturated rings. The molecule has 1 aromatic carbocycles. The van der Waals surface area contributed by atoms with Crippen molar-refractivity contribution in [3.05, 3.63) is 23.3 Å². The van der Waals surface area contributed by atoms with Crippen LogP contribution in [0.2, 0.25) is 0 Å². The molecule has 0 unspecified atom stereocenters. The number of aryl methyl sites for hydroxylation is 1. The molecule has 1 aromatic rings. The molecule has 31 heavy (non-hydrogen) atoms. The lowest BCUT2D eigenvalue weighted by Crippen LogP contribution is -2.37.